The monoisotopic (exact) mass is 243 g/mol. The van der Waals surface area contributed by atoms with E-state index in [0.29, 0.717) is 0 Å². The van der Waals surface area contributed by atoms with Crippen LogP contribution in [-0.4, -0.2) is 20.3 Å². The summed E-state index contributed by atoms with van der Waals surface area (Å²) in [5.74, 6) is 0. The average molecular weight is 243 g/mol. The van der Waals surface area contributed by atoms with Crippen molar-refractivity contribution in [2.45, 2.75) is 45.5 Å². The third kappa shape index (κ3) is 3.19. The van der Waals surface area contributed by atoms with Crippen LogP contribution in [0.5, 0.6) is 0 Å². The van der Waals surface area contributed by atoms with E-state index in [9.17, 15) is 0 Å². The summed E-state index contributed by atoms with van der Waals surface area (Å²) in [5.41, 5.74) is 4.09. The normalized spacial score (nSPS) is 12.3. The Morgan fingerprint density at radius 3 is 2.11 bits per heavy atom. The highest BCUT2D eigenvalue weighted by molar-refractivity contribution is 6.16. The first-order valence-electron chi connectivity index (χ1n) is 6.58. The van der Waals surface area contributed by atoms with E-state index in [1.165, 1.54) is 16.8 Å². The van der Waals surface area contributed by atoms with E-state index in [1.54, 1.807) is 0 Å². The second kappa shape index (κ2) is 4.83. The fourth-order valence-electron chi connectivity index (χ4n) is 1.85. The number of anilines is 1. The Bertz CT molecular complexity index is 435. The van der Waals surface area contributed by atoms with Gasteiger partial charge in [-0.3, -0.25) is 0 Å². The minimum absolute atomic E-state index is 0.112. The summed E-state index contributed by atoms with van der Waals surface area (Å²) in [6.07, 6.45) is 1.95. The quantitative estimate of drug-likeness (QED) is 0.735. The van der Waals surface area contributed by atoms with Crippen molar-refractivity contribution in [2.24, 2.45) is 0 Å². The minimum Gasteiger partial charge on any atom is -0.377 e. The summed E-state index contributed by atoms with van der Waals surface area (Å²) < 4.78 is 0. The van der Waals surface area contributed by atoms with Crippen LogP contribution in [0.2, 0.25) is 0 Å². The van der Waals surface area contributed by atoms with Crippen LogP contribution in [0.1, 0.15) is 45.7 Å². The van der Waals surface area contributed by atoms with Gasteiger partial charge in [-0.05, 0) is 28.7 Å². The number of hydrogen-bond donors (Lipinski definition) is 0. The topological polar surface area (TPSA) is 3.24 Å². The van der Waals surface area contributed by atoms with Gasteiger partial charge in [-0.15, -0.1) is 0 Å². The van der Waals surface area contributed by atoms with Gasteiger partial charge in [0.1, 0.15) is 7.85 Å². The molecule has 1 aromatic rings. The lowest BCUT2D eigenvalue weighted by Crippen LogP contribution is -2.42. The number of nitrogens with zero attached hydrogens (tertiary/aromatic N) is 1. The van der Waals surface area contributed by atoms with Crippen LogP contribution < -0.4 is 4.90 Å². The predicted octanol–water partition coefficient (Wildman–Crippen LogP) is 3.43. The third-order valence-electron chi connectivity index (χ3n) is 3.48. The zero-order valence-corrected chi connectivity index (χ0v) is 13.0. The SMILES string of the molecule is BC(C)(C)N(C)c1ccc(C(C)(C)C)cc1C=C. The van der Waals surface area contributed by atoms with E-state index in [-0.39, 0.29) is 10.9 Å². The van der Waals surface area contributed by atoms with Gasteiger partial charge in [0.25, 0.3) is 0 Å². The fourth-order valence-corrected chi connectivity index (χ4v) is 1.85. The summed E-state index contributed by atoms with van der Waals surface area (Å²) in [6.45, 7) is 15.1. The maximum absolute atomic E-state index is 3.95. The molecular weight excluding hydrogens is 217 g/mol. The molecule has 0 unspecified atom stereocenters. The maximum atomic E-state index is 3.95. The fraction of sp³-hybridized carbons (Fsp3) is 0.500. The molecule has 0 amide bonds. The molecule has 0 atom stereocenters. The van der Waals surface area contributed by atoms with Gasteiger partial charge in [-0.25, -0.2) is 0 Å². The Balaban J connectivity index is 3.29. The summed E-state index contributed by atoms with van der Waals surface area (Å²) in [6, 6.07) is 6.69. The van der Waals surface area contributed by atoms with Crippen molar-refractivity contribution in [2.75, 3.05) is 11.9 Å². The highest BCUT2D eigenvalue weighted by Crippen LogP contribution is 2.31. The van der Waals surface area contributed by atoms with Crippen LogP contribution in [0.4, 0.5) is 5.69 Å². The Labute approximate surface area is 113 Å². The third-order valence-corrected chi connectivity index (χ3v) is 3.48. The van der Waals surface area contributed by atoms with Crippen LogP contribution >= 0.6 is 0 Å². The number of rotatable bonds is 3. The van der Waals surface area contributed by atoms with Crippen LogP contribution in [0, 0.1) is 0 Å². The zero-order chi connectivity index (χ0) is 14.1. The Kier molecular flexibility index (Phi) is 4.00. The van der Waals surface area contributed by atoms with Gasteiger partial charge in [0.15, 0.2) is 0 Å². The molecule has 0 radical (unpaired) electrons. The Morgan fingerprint density at radius 2 is 1.72 bits per heavy atom. The molecule has 98 valence electrons. The van der Waals surface area contributed by atoms with Crippen molar-refractivity contribution in [3.05, 3.63) is 35.9 Å². The van der Waals surface area contributed by atoms with Gasteiger partial charge in [0.2, 0.25) is 0 Å². The molecule has 0 heterocycles. The molecule has 0 aliphatic heterocycles. The molecule has 0 spiro atoms. The van der Waals surface area contributed by atoms with Crippen molar-refractivity contribution in [1.29, 1.82) is 0 Å². The van der Waals surface area contributed by atoms with Gasteiger partial charge in [0, 0.05) is 18.2 Å². The molecule has 2 heteroatoms. The van der Waals surface area contributed by atoms with E-state index >= 15 is 0 Å². The average Bonchev–Trinajstić information content (AvgIpc) is 2.24. The van der Waals surface area contributed by atoms with Gasteiger partial charge < -0.3 is 4.90 Å². The lowest BCUT2D eigenvalue weighted by Gasteiger charge is -2.36. The van der Waals surface area contributed by atoms with Crippen molar-refractivity contribution < 1.29 is 0 Å². The molecule has 0 fully saturated rings. The molecule has 1 rings (SSSR count). The molecule has 0 aliphatic carbocycles. The Morgan fingerprint density at radius 1 is 1.17 bits per heavy atom. The van der Waals surface area contributed by atoms with E-state index in [2.05, 4.69) is 79.2 Å². The zero-order valence-electron chi connectivity index (χ0n) is 13.0. The largest absolute Gasteiger partial charge is 0.377 e. The van der Waals surface area contributed by atoms with E-state index < -0.39 is 0 Å². The molecular formula is C16H26BN. The summed E-state index contributed by atoms with van der Waals surface area (Å²) >= 11 is 0. The lowest BCUT2D eigenvalue weighted by molar-refractivity contribution is 0.589. The molecule has 0 N–H and O–H groups in total. The van der Waals surface area contributed by atoms with Crippen LogP contribution in [0.3, 0.4) is 0 Å². The minimum atomic E-state index is 0.112. The van der Waals surface area contributed by atoms with Crippen LogP contribution in [0.15, 0.2) is 24.8 Å². The molecule has 0 saturated heterocycles. The maximum Gasteiger partial charge on any atom is 0.134 e. The first kappa shape index (κ1) is 14.9. The van der Waals surface area contributed by atoms with Crippen molar-refractivity contribution in [3.63, 3.8) is 0 Å². The Hall–Kier alpha value is -1.18. The molecule has 0 bridgehead atoms. The first-order chi connectivity index (χ1) is 8.07. The van der Waals surface area contributed by atoms with Gasteiger partial charge in [-0.2, -0.15) is 0 Å². The van der Waals surface area contributed by atoms with Crippen molar-refractivity contribution in [1.82, 2.24) is 0 Å². The van der Waals surface area contributed by atoms with Gasteiger partial charge >= 0.3 is 0 Å². The number of benzene rings is 1. The summed E-state index contributed by atoms with van der Waals surface area (Å²) in [7, 11) is 4.36. The first-order valence-corrected chi connectivity index (χ1v) is 6.58. The molecule has 0 saturated carbocycles. The van der Waals surface area contributed by atoms with Crippen LogP contribution in [0.25, 0.3) is 6.08 Å². The highest BCUT2D eigenvalue weighted by atomic mass is 15.1. The molecule has 1 nitrogen and oxygen atoms in total. The molecule has 0 aliphatic rings. The lowest BCUT2D eigenvalue weighted by atomic mass is 9.79. The van der Waals surface area contributed by atoms with Crippen LogP contribution in [-0.2, 0) is 5.41 Å². The van der Waals surface area contributed by atoms with E-state index in [4.69, 9.17) is 0 Å². The summed E-state index contributed by atoms with van der Waals surface area (Å²) in [5, 5.41) is 0. The number of hydrogen-bond acceptors (Lipinski definition) is 1. The van der Waals surface area contributed by atoms with Gasteiger partial charge in [0.05, 0.1) is 0 Å². The predicted molar refractivity (Wildman–Crippen MR) is 86.3 cm³/mol. The smallest absolute Gasteiger partial charge is 0.134 e. The van der Waals surface area contributed by atoms with Crippen molar-refractivity contribution in [3.8, 4) is 0 Å². The summed E-state index contributed by atoms with van der Waals surface area (Å²) in [4.78, 5) is 2.30. The highest BCUT2D eigenvalue weighted by Gasteiger charge is 2.21. The second-order valence-electron chi connectivity index (χ2n) is 6.96. The van der Waals surface area contributed by atoms with E-state index in [1.807, 2.05) is 6.08 Å². The van der Waals surface area contributed by atoms with E-state index in [0.717, 1.165) is 0 Å². The standard InChI is InChI=1S/C16H26BN/c1-8-12-11-13(15(2,3)4)9-10-14(12)18(7)16(5,6)17/h8-11H,1,17H2,2-7H3. The van der Waals surface area contributed by atoms with Gasteiger partial charge in [-0.1, -0.05) is 53.3 Å². The van der Waals surface area contributed by atoms with Crippen molar-refractivity contribution >= 4 is 19.6 Å². The molecule has 1 aromatic carbocycles. The molecule has 0 aromatic heterocycles. The second-order valence-corrected chi connectivity index (χ2v) is 6.96. The molecule has 18 heavy (non-hydrogen) atoms.